The van der Waals surface area contributed by atoms with Crippen molar-refractivity contribution in [3.8, 4) is 0 Å². The van der Waals surface area contributed by atoms with Crippen LogP contribution < -0.4 is 5.32 Å². The summed E-state index contributed by atoms with van der Waals surface area (Å²) in [5.41, 5.74) is -0.622. The van der Waals surface area contributed by atoms with Gasteiger partial charge in [-0.15, -0.1) is 11.8 Å². The van der Waals surface area contributed by atoms with Crippen molar-refractivity contribution in [2.75, 3.05) is 13.6 Å². The van der Waals surface area contributed by atoms with Gasteiger partial charge < -0.3 is 25.1 Å². The molecule has 2 aromatic rings. The maximum absolute atomic E-state index is 14.0. The van der Waals surface area contributed by atoms with Crippen LogP contribution in [-0.2, 0) is 30.5 Å². The largest absolute Gasteiger partial charge is 2.00 e. The van der Waals surface area contributed by atoms with E-state index in [9.17, 15) is 18.4 Å². The molecule has 0 saturated carbocycles. The number of amides is 3. The molecular formula is C30H42F2N4O4SW. The van der Waals surface area contributed by atoms with E-state index >= 15 is 0 Å². The van der Waals surface area contributed by atoms with Gasteiger partial charge in [0.2, 0.25) is 0 Å². The molecule has 1 unspecified atom stereocenters. The summed E-state index contributed by atoms with van der Waals surface area (Å²) in [6.07, 6.45) is 1.47. The number of carbonyl (C=O) groups excluding carboxylic acids is 2. The third-order valence-corrected chi connectivity index (χ3v) is 6.70. The Hall–Kier alpha value is -2.49. The Morgan fingerprint density at radius 3 is 2.12 bits per heavy atom. The minimum Gasteiger partial charge on any atom is -0.551 e. The molecule has 232 valence electrons. The number of ether oxygens (including phenoxy) is 2. The molecule has 0 fully saturated rings. The van der Waals surface area contributed by atoms with Gasteiger partial charge in [-0.1, -0.05) is 50.4 Å². The summed E-state index contributed by atoms with van der Waals surface area (Å²) in [5.74, 6) is -1.22. The van der Waals surface area contributed by atoms with Gasteiger partial charge in [0.25, 0.3) is 0 Å². The van der Waals surface area contributed by atoms with Gasteiger partial charge in [0.1, 0.15) is 22.3 Å². The van der Waals surface area contributed by atoms with Gasteiger partial charge in [0, 0.05) is 23.1 Å². The number of rotatable bonds is 7. The molecule has 1 heterocycles. The fraction of sp³-hybridized carbons (Fsp3) is 0.467. The Bertz CT molecular complexity index is 1090. The first kappa shape index (κ1) is 39.5. The monoisotopic (exact) mass is 776 g/mol. The number of hydrogen-bond donors (Lipinski definition) is 1. The molecule has 0 aromatic heterocycles. The molecule has 0 saturated heterocycles. The van der Waals surface area contributed by atoms with Crippen molar-refractivity contribution in [3.05, 3.63) is 84.2 Å². The van der Waals surface area contributed by atoms with Crippen molar-refractivity contribution < 1.29 is 48.9 Å². The second kappa shape index (κ2) is 19.6. The number of carbonyl (C=O) groups is 2. The summed E-state index contributed by atoms with van der Waals surface area (Å²) in [6.45, 7) is 11.7. The Balaban J connectivity index is 0.000000988. The molecule has 12 heteroatoms. The standard InChI is InChI=1S/C18H24F2N4O3S.C6H13O.C6H6.W/c1-18(2,3)27-17(26)22-9-5-6-14-24(16(25)21-4)23-15(28-14)12-10-11(19)7-8-13(12)20;1-5-6(2,3)7-4;1-2-4-6-5-3-1;/h7-8,10,14H,5-6,9H2,1-4H3,(H2,21,22,25,26);4-5H2,1-3H3;1-6H;/q;-1;;+2/p-1. The zero-order valence-electron chi connectivity index (χ0n) is 25.4. The van der Waals surface area contributed by atoms with Crippen molar-refractivity contribution in [1.29, 1.82) is 0 Å². The van der Waals surface area contributed by atoms with Gasteiger partial charge in [-0.25, -0.2) is 25.8 Å². The minimum atomic E-state index is -0.624. The van der Waals surface area contributed by atoms with Gasteiger partial charge >= 0.3 is 27.2 Å². The molecular weight excluding hydrogens is 734 g/mol. The predicted molar refractivity (Wildman–Crippen MR) is 162 cm³/mol. The molecule has 3 rings (SSSR count). The number of benzene rings is 2. The number of nitrogens with zero attached hydrogens (tertiary/aromatic N) is 3. The average Bonchev–Trinajstić information content (AvgIpc) is 3.36. The van der Waals surface area contributed by atoms with Gasteiger partial charge in [-0.3, -0.25) is 4.79 Å². The van der Waals surface area contributed by atoms with Crippen molar-refractivity contribution in [1.82, 2.24) is 10.3 Å². The molecule has 0 bridgehead atoms. The van der Waals surface area contributed by atoms with E-state index in [-0.39, 0.29) is 37.3 Å². The number of hydrogen-bond acceptors (Lipinski definition) is 6. The van der Waals surface area contributed by atoms with Crippen LogP contribution in [0.5, 0.6) is 0 Å². The van der Waals surface area contributed by atoms with Gasteiger partial charge in [0.15, 0.2) is 6.03 Å². The smallest absolute Gasteiger partial charge is 0.551 e. The van der Waals surface area contributed by atoms with Crippen LogP contribution >= 0.6 is 11.8 Å². The van der Waals surface area contributed by atoms with Crippen LogP contribution in [0.1, 0.15) is 66.4 Å². The summed E-state index contributed by atoms with van der Waals surface area (Å²) in [6, 6.07) is 14.5. The SMILES string of the molecule is C[N-]C(=O)N1N=C(c2cc(F)ccc2F)SC1CCCNC(=O)OC(C)(C)C.[CH2-]OC(C)(C)CC.[W+2].c1ccccc1. The number of urea groups is 1. The molecule has 1 aliphatic rings. The summed E-state index contributed by atoms with van der Waals surface area (Å²) < 4.78 is 37.5. The molecule has 1 N–H and O–H groups in total. The van der Waals surface area contributed by atoms with E-state index in [1.807, 2.05) is 50.2 Å². The first-order chi connectivity index (χ1) is 19.2. The van der Waals surface area contributed by atoms with E-state index in [0.29, 0.717) is 19.4 Å². The van der Waals surface area contributed by atoms with Gasteiger partial charge in [-0.05, 0) is 72.1 Å². The molecule has 3 amide bonds. The fourth-order valence-corrected chi connectivity index (χ4v) is 4.06. The van der Waals surface area contributed by atoms with E-state index in [0.717, 1.165) is 41.4 Å². The molecule has 0 radical (unpaired) electrons. The van der Waals surface area contributed by atoms with E-state index in [1.165, 1.54) is 7.05 Å². The van der Waals surface area contributed by atoms with Crippen LogP contribution in [-0.4, -0.2) is 52.3 Å². The normalized spacial score (nSPS) is 14.2. The zero-order valence-corrected chi connectivity index (χ0v) is 29.1. The van der Waals surface area contributed by atoms with Crippen molar-refractivity contribution in [2.45, 2.75) is 77.4 Å². The number of halogens is 2. The molecule has 0 aliphatic carbocycles. The number of alkyl carbamates (subject to hydrolysis) is 1. The van der Waals surface area contributed by atoms with Crippen LogP contribution in [0.4, 0.5) is 18.4 Å². The molecule has 2 aromatic carbocycles. The Morgan fingerprint density at radius 1 is 1.10 bits per heavy atom. The molecule has 0 spiro atoms. The molecule has 1 atom stereocenters. The summed E-state index contributed by atoms with van der Waals surface area (Å²) in [4.78, 5) is 23.7. The zero-order chi connectivity index (χ0) is 31.1. The van der Waals surface area contributed by atoms with Crippen molar-refractivity contribution in [2.24, 2.45) is 5.10 Å². The number of hydrazone groups is 1. The van der Waals surface area contributed by atoms with E-state index < -0.39 is 34.7 Å². The molecule has 42 heavy (non-hydrogen) atoms. The quantitative estimate of drug-likeness (QED) is 0.227. The number of nitrogens with one attached hydrogen (secondary N) is 1. The maximum Gasteiger partial charge on any atom is 2.00 e. The van der Waals surface area contributed by atoms with Crippen LogP contribution in [0, 0.1) is 18.7 Å². The molecule has 1 aliphatic heterocycles. The van der Waals surface area contributed by atoms with Crippen molar-refractivity contribution in [3.63, 3.8) is 0 Å². The molecule has 8 nitrogen and oxygen atoms in total. The van der Waals surface area contributed by atoms with Gasteiger partial charge in [0.05, 0.1) is 0 Å². The average molecular weight is 777 g/mol. The summed E-state index contributed by atoms with van der Waals surface area (Å²) in [5, 5.41) is 11.3. The van der Waals surface area contributed by atoms with E-state index in [1.54, 1.807) is 20.8 Å². The Morgan fingerprint density at radius 2 is 1.67 bits per heavy atom. The van der Waals surface area contributed by atoms with Crippen LogP contribution in [0.25, 0.3) is 5.32 Å². The summed E-state index contributed by atoms with van der Waals surface area (Å²) in [7, 11) is 4.67. The van der Waals surface area contributed by atoms with Crippen LogP contribution in [0.3, 0.4) is 0 Å². The Kier molecular flexibility index (Phi) is 18.5. The second-order valence-electron chi connectivity index (χ2n) is 10.4. The van der Waals surface area contributed by atoms with E-state index in [4.69, 9.17) is 9.47 Å². The first-order valence-corrected chi connectivity index (χ1v) is 14.1. The summed E-state index contributed by atoms with van der Waals surface area (Å²) >= 11 is 1.15. The minimum absolute atomic E-state index is 0. The topological polar surface area (TPSA) is 94.3 Å². The Labute approximate surface area is 267 Å². The third kappa shape index (κ3) is 15.7. The number of thioether (sulfide) groups is 1. The van der Waals surface area contributed by atoms with E-state index in [2.05, 4.69) is 29.8 Å². The second-order valence-corrected chi connectivity index (χ2v) is 11.6. The van der Waals surface area contributed by atoms with Crippen LogP contribution in [0.2, 0.25) is 0 Å². The maximum atomic E-state index is 14.0. The van der Waals surface area contributed by atoms with Crippen molar-refractivity contribution >= 4 is 28.9 Å². The van der Waals surface area contributed by atoms with Crippen LogP contribution in [0.15, 0.2) is 59.7 Å². The predicted octanol–water partition coefficient (Wildman–Crippen LogP) is 8.10. The van der Waals surface area contributed by atoms with Gasteiger partial charge in [-0.2, -0.15) is 0 Å². The first-order valence-electron chi connectivity index (χ1n) is 13.3. The fourth-order valence-electron chi connectivity index (χ4n) is 2.86. The third-order valence-electron chi connectivity index (χ3n) is 5.47.